The SMILES string of the molecule is O=C(Cc1csc(-c2ccccn2)n1)N1CC[C@@H]2[C@@H](C1)C2(F)F. The van der Waals surface area contributed by atoms with Crippen molar-refractivity contribution < 1.29 is 13.6 Å². The highest BCUT2D eigenvalue weighted by molar-refractivity contribution is 7.13. The highest BCUT2D eigenvalue weighted by Crippen LogP contribution is 2.59. The van der Waals surface area contributed by atoms with Crippen molar-refractivity contribution in [2.45, 2.75) is 18.8 Å². The van der Waals surface area contributed by atoms with Crippen molar-refractivity contribution in [3.63, 3.8) is 0 Å². The summed E-state index contributed by atoms with van der Waals surface area (Å²) in [6, 6.07) is 5.58. The highest BCUT2D eigenvalue weighted by Gasteiger charge is 2.69. The van der Waals surface area contributed by atoms with Crippen molar-refractivity contribution in [3.8, 4) is 10.7 Å². The van der Waals surface area contributed by atoms with E-state index in [4.69, 9.17) is 0 Å². The standard InChI is InChI=1S/C16H15F2N3OS/c17-16(18)11-4-6-21(8-12(11)16)14(22)7-10-9-23-15(20-10)13-3-1-2-5-19-13/h1-3,5,9,11-12H,4,6-8H2/t11-,12-/m1/s1. The van der Waals surface area contributed by atoms with Gasteiger partial charge in [0, 0.05) is 36.5 Å². The number of thiazole rings is 1. The first-order chi connectivity index (χ1) is 11.1. The first kappa shape index (κ1) is 14.7. The van der Waals surface area contributed by atoms with Crippen LogP contribution in [0.5, 0.6) is 0 Å². The van der Waals surface area contributed by atoms with Gasteiger partial charge in [-0.15, -0.1) is 11.3 Å². The number of fused-ring (bicyclic) bond motifs is 1. The van der Waals surface area contributed by atoms with Crippen LogP contribution in [-0.4, -0.2) is 39.8 Å². The smallest absolute Gasteiger partial charge is 0.256 e. The molecule has 1 aliphatic carbocycles. The van der Waals surface area contributed by atoms with Crippen LogP contribution in [0, 0.1) is 11.8 Å². The molecule has 4 nitrogen and oxygen atoms in total. The van der Waals surface area contributed by atoms with E-state index in [2.05, 4.69) is 9.97 Å². The second-order valence-corrected chi connectivity index (χ2v) is 6.91. The van der Waals surface area contributed by atoms with Crippen LogP contribution < -0.4 is 0 Å². The second kappa shape index (κ2) is 5.33. The minimum Gasteiger partial charge on any atom is -0.342 e. The van der Waals surface area contributed by atoms with Gasteiger partial charge in [-0.2, -0.15) is 0 Å². The number of amides is 1. The molecule has 0 spiro atoms. The summed E-state index contributed by atoms with van der Waals surface area (Å²) in [7, 11) is 0. The average Bonchev–Trinajstić information content (AvgIpc) is 2.91. The number of aromatic nitrogens is 2. The van der Waals surface area contributed by atoms with E-state index in [9.17, 15) is 13.6 Å². The van der Waals surface area contributed by atoms with Gasteiger partial charge in [-0.1, -0.05) is 6.07 Å². The zero-order valence-corrected chi connectivity index (χ0v) is 13.1. The number of halogens is 2. The fourth-order valence-electron chi connectivity index (χ4n) is 3.22. The molecule has 2 aliphatic rings. The Labute approximate surface area is 136 Å². The van der Waals surface area contributed by atoms with Gasteiger partial charge in [0.05, 0.1) is 17.8 Å². The van der Waals surface area contributed by atoms with Gasteiger partial charge in [0.25, 0.3) is 5.92 Å². The average molecular weight is 335 g/mol. The molecule has 7 heteroatoms. The van der Waals surface area contributed by atoms with Crippen molar-refractivity contribution in [1.82, 2.24) is 14.9 Å². The van der Waals surface area contributed by atoms with Crippen LogP contribution >= 0.6 is 11.3 Å². The number of piperidine rings is 1. The van der Waals surface area contributed by atoms with Gasteiger partial charge in [0.15, 0.2) is 0 Å². The molecular weight excluding hydrogens is 320 g/mol. The lowest BCUT2D eigenvalue weighted by Crippen LogP contribution is -2.38. The topological polar surface area (TPSA) is 46.1 Å². The summed E-state index contributed by atoms with van der Waals surface area (Å²) >= 11 is 1.44. The molecule has 0 aromatic carbocycles. The van der Waals surface area contributed by atoms with Crippen LogP contribution in [0.25, 0.3) is 10.7 Å². The third-order valence-corrected chi connectivity index (χ3v) is 5.53. The Morgan fingerprint density at radius 2 is 2.26 bits per heavy atom. The first-order valence-corrected chi connectivity index (χ1v) is 8.45. The number of carbonyl (C=O) groups is 1. The van der Waals surface area contributed by atoms with Crippen LogP contribution in [0.2, 0.25) is 0 Å². The summed E-state index contributed by atoms with van der Waals surface area (Å²) in [5, 5.41) is 2.60. The monoisotopic (exact) mass is 335 g/mol. The van der Waals surface area contributed by atoms with Crippen LogP contribution in [0.1, 0.15) is 12.1 Å². The number of hydrogen-bond donors (Lipinski definition) is 0. The molecular formula is C16H15F2N3OS. The molecule has 0 unspecified atom stereocenters. The van der Waals surface area contributed by atoms with E-state index in [1.165, 1.54) is 11.3 Å². The molecule has 4 rings (SSSR count). The summed E-state index contributed by atoms with van der Waals surface area (Å²) < 4.78 is 26.8. The summed E-state index contributed by atoms with van der Waals surface area (Å²) in [4.78, 5) is 22.5. The van der Waals surface area contributed by atoms with E-state index in [1.54, 1.807) is 11.1 Å². The number of alkyl halides is 2. The van der Waals surface area contributed by atoms with Crippen LogP contribution in [0.3, 0.4) is 0 Å². The third kappa shape index (κ3) is 2.63. The van der Waals surface area contributed by atoms with Gasteiger partial charge in [-0.05, 0) is 18.6 Å². The number of likely N-dealkylation sites (tertiary alicyclic amines) is 1. The molecule has 2 aromatic heterocycles. The van der Waals surface area contributed by atoms with Crippen molar-refractivity contribution in [2.75, 3.05) is 13.1 Å². The molecule has 3 heterocycles. The van der Waals surface area contributed by atoms with Gasteiger partial charge >= 0.3 is 0 Å². The number of rotatable bonds is 3. The third-order valence-electron chi connectivity index (χ3n) is 4.61. The van der Waals surface area contributed by atoms with E-state index in [1.807, 2.05) is 23.6 Å². The maximum Gasteiger partial charge on any atom is 0.256 e. The van der Waals surface area contributed by atoms with E-state index in [-0.39, 0.29) is 18.9 Å². The number of hydrogen-bond acceptors (Lipinski definition) is 4. The zero-order chi connectivity index (χ0) is 16.0. The number of carbonyl (C=O) groups excluding carboxylic acids is 1. The molecule has 2 aromatic rings. The minimum absolute atomic E-state index is 0.121. The van der Waals surface area contributed by atoms with Crippen molar-refractivity contribution in [3.05, 3.63) is 35.5 Å². The molecule has 1 saturated carbocycles. The van der Waals surface area contributed by atoms with E-state index in [0.29, 0.717) is 18.7 Å². The van der Waals surface area contributed by atoms with Gasteiger partial charge < -0.3 is 4.90 Å². The molecule has 2 atom stereocenters. The number of nitrogens with zero attached hydrogens (tertiary/aromatic N) is 3. The van der Waals surface area contributed by atoms with Crippen molar-refractivity contribution in [2.24, 2.45) is 11.8 Å². The summed E-state index contributed by atoms with van der Waals surface area (Å²) in [6.07, 6.45) is 2.26. The molecule has 0 bridgehead atoms. The van der Waals surface area contributed by atoms with Gasteiger partial charge in [-0.3, -0.25) is 9.78 Å². The molecule has 1 saturated heterocycles. The lowest BCUT2D eigenvalue weighted by molar-refractivity contribution is -0.131. The quantitative estimate of drug-likeness (QED) is 0.866. The van der Waals surface area contributed by atoms with Crippen LogP contribution in [0.15, 0.2) is 29.8 Å². The lowest BCUT2D eigenvalue weighted by Gasteiger charge is -2.25. The molecule has 0 N–H and O–H groups in total. The predicted molar refractivity (Wildman–Crippen MR) is 82.2 cm³/mol. The fraction of sp³-hybridized carbons (Fsp3) is 0.438. The molecule has 2 fully saturated rings. The van der Waals surface area contributed by atoms with Crippen LogP contribution in [0.4, 0.5) is 8.78 Å². The molecule has 1 amide bonds. The maximum atomic E-state index is 13.4. The Hall–Kier alpha value is -1.89. The number of pyridine rings is 1. The molecule has 23 heavy (non-hydrogen) atoms. The minimum atomic E-state index is -2.57. The highest BCUT2D eigenvalue weighted by atomic mass is 32.1. The second-order valence-electron chi connectivity index (χ2n) is 6.05. The molecule has 120 valence electrons. The molecule has 1 aliphatic heterocycles. The van der Waals surface area contributed by atoms with Crippen LogP contribution in [-0.2, 0) is 11.2 Å². The Bertz CT molecular complexity index is 734. The van der Waals surface area contributed by atoms with E-state index >= 15 is 0 Å². The van der Waals surface area contributed by atoms with Gasteiger partial charge in [-0.25, -0.2) is 13.8 Å². The van der Waals surface area contributed by atoms with E-state index in [0.717, 1.165) is 10.7 Å². The van der Waals surface area contributed by atoms with E-state index < -0.39 is 17.8 Å². The molecule has 0 radical (unpaired) electrons. The van der Waals surface area contributed by atoms with Gasteiger partial charge in [0.1, 0.15) is 5.01 Å². The van der Waals surface area contributed by atoms with Crippen molar-refractivity contribution in [1.29, 1.82) is 0 Å². The lowest BCUT2D eigenvalue weighted by atomic mass is 10.1. The van der Waals surface area contributed by atoms with Gasteiger partial charge in [0.2, 0.25) is 5.91 Å². The summed E-state index contributed by atoms with van der Waals surface area (Å²) in [5.41, 5.74) is 1.44. The van der Waals surface area contributed by atoms with Crippen molar-refractivity contribution >= 4 is 17.2 Å². The summed E-state index contributed by atoms with van der Waals surface area (Å²) in [6.45, 7) is 0.598. The Kier molecular flexibility index (Phi) is 3.41. The predicted octanol–water partition coefficient (Wildman–Crippen LogP) is 2.86. The zero-order valence-electron chi connectivity index (χ0n) is 12.3. The largest absolute Gasteiger partial charge is 0.342 e. The summed E-state index contributed by atoms with van der Waals surface area (Å²) in [5.74, 6) is -3.84. The Morgan fingerprint density at radius 1 is 1.39 bits per heavy atom. The fourth-order valence-corrected chi connectivity index (χ4v) is 4.01. The maximum absolute atomic E-state index is 13.4. The Balaban J connectivity index is 1.41. The first-order valence-electron chi connectivity index (χ1n) is 7.57. The normalized spacial score (nSPS) is 25.0. The Morgan fingerprint density at radius 3 is 3.00 bits per heavy atom.